The van der Waals surface area contributed by atoms with Crippen LogP contribution in [0.4, 0.5) is 0 Å². The lowest BCUT2D eigenvalue weighted by Gasteiger charge is -2.10. The van der Waals surface area contributed by atoms with E-state index in [0.29, 0.717) is 19.8 Å². The molecular formula is C16H21N3O3S. The van der Waals surface area contributed by atoms with Crippen molar-refractivity contribution in [1.29, 1.82) is 0 Å². The molecule has 0 amide bonds. The average Bonchev–Trinajstić information content (AvgIpc) is 2.97. The van der Waals surface area contributed by atoms with E-state index in [2.05, 4.69) is 16.8 Å². The molecule has 0 atom stereocenters. The molecule has 0 unspecified atom stereocenters. The van der Waals surface area contributed by atoms with Crippen LogP contribution in [-0.4, -0.2) is 52.6 Å². The van der Waals surface area contributed by atoms with Crippen LogP contribution >= 0.6 is 11.8 Å². The molecule has 0 aliphatic carbocycles. The predicted molar refractivity (Wildman–Crippen MR) is 90.8 cm³/mol. The summed E-state index contributed by atoms with van der Waals surface area (Å²) in [5.74, 6) is 2.25. The molecular weight excluding hydrogens is 314 g/mol. The minimum absolute atomic E-state index is 0.0370. The van der Waals surface area contributed by atoms with Crippen LogP contribution in [0.3, 0.4) is 0 Å². The van der Waals surface area contributed by atoms with Crippen LogP contribution in [0.2, 0.25) is 0 Å². The molecule has 0 aliphatic heterocycles. The molecule has 1 aromatic carbocycles. The van der Waals surface area contributed by atoms with Gasteiger partial charge in [-0.15, -0.1) is 16.8 Å². The van der Waals surface area contributed by atoms with Crippen molar-refractivity contribution >= 4 is 11.8 Å². The molecule has 6 nitrogen and oxygen atoms in total. The zero-order valence-electron chi connectivity index (χ0n) is 13.1. The number of hydrogen-bond donors (Lipinski definition) is 1. The van der Waals surface area contributed by atoms with E-state index in [4.69, 9.17) is 14.6 Å². The Morgan fingerprint density at radius 1 is 1.30 bits per heavy atom. The number of para-hydroxylation sites is 1. The summed E-state index contributed by atoms with van der Waals surface area (Å²) in [5.41, 5.74) is 0.896. The first kappa shape index (κ1) is 17.5. The Kier molecular flexibility index (Phi) is 7.12. The van der Waals surface area contributed by atoms with Crippen LogP contribution in [0.25, 0.3) is 11.4 Å². The molecule has 0 aliphatic rings. The van der Waals surface area contributed by atoms with Gasteiger partial charge in [-0.2, -0.15) is 0 Å². The van der Waals surface area contributed by atoms with Gasteiger partial charge in [-0.1, -0.05) is 30.0 Å². The summed E-state index contributed by atoms with van der Waals surface area (Å²) in [6.45, 7) is 5.36. The summed E-state index contributed by atoms with van der Waals surface area (Å²) in [5, 5.41) is 18.1. The van der Waals surface area contributed by atoms with Crippen LogP contribution in [-0.2, 0) is 11.3 Å². The topological polar surface area (TPSA) is 69.4 Å². The molecule has 1 aromatic heterocycles. The van der Waals surface area contributed by atoms with Gasteiger partial charge in [-0.25, -0.2) is 0 Å². The van der Waals surface area contributed by atoms with Gasteiger partial charge in [0.2, 0.25) is 0 Å². The maximum Gasteiger partial charge on any atom is 0.191 e. The maximum absolute atomic E-state index is 8.69. The van der Waals surface area contributed by atoms with Crippen LogP contribution in [0.5, 0.6) is 5.75 Å². The Balaban J connectivity index is 2.19. The molecule has 0 spiro atoms. The first-order valence-electron chi connectivity index (χ1n) is 7.30. The molecule has 0 radical (unpaired) electrons. The maximum atomic E-state index is 8.69. The number of nitrogens with zero attached hydrogens (tertiary/aromatic N) is 3. The number of aromatic nitrogens is 3. The number of hydrogen-bond acceptors (Lipinski definition) is 6. The summed E-state index contributed by atoms with van der Waals surface area (Å²) in [7, 11) is 1.64. The molecule has 124 valence electrons. The standard InChI is InChI=1S/C16H21N3O3S/c1-3-8-19-15(13-6-4-5-7-14(13)21-2)17-18-16(19)23-12-11-22-10-9-20/h3-7,20H,1,8-12H2,2H3. The fraction of sp³-hybridized carbons (Fsp3) is 0.375. The fourth-order valence-corrected chi connectivity index (χ4v) is 2.88. The second kappa shape index (κ2) is 9.34. The minimum atomic E-state index is 0.0370. The highest BCUT2D eigenvalue weighted by atomic mass is 32.2. The Morgan fingerprint density at radius 2 is 2.13 bits per heavy atom. The summed E-state index contributed by atoms with van der Waals surface area (Å²) in [6.07, 6.45) is 1.81. The smallest absolute Gasteiger partial charge is 0.191 e. The molecule has 2 aromatic rings. The lowest BCUT2D eigenvalue weighted by molar-refractivity contribution is 0.103. The molecule has 7 heteroatoms. The lowest BCUT2D eigenvalue weighted by Crippen LogP contribution is -2.05. The average molecular weight is 335 g/mol. The highest BCUT2D eigenvalue weighted by molar-refractivity contribution is 7.99. The van der Waals surface area contributed by atoms with Gasteiger partial charge < -0.3 is 14.6 Å². The van der Waals surface area contributed by atoms with Gasteiger partial charge in [-0.3, -0.25) is 4.57 Å². The van der Waals surface area contributed by atoms with Gasteiger partial charge >= 0.3 is 0 Å². The van der Waals surface area contributed by atoms with Crippen molar-refractivity contribution in [2.75, 3.05) is 32.7 Å². The normalized spacial score (nSPS) is 10.7. The van der Waals surface area contributed by atoms with Crippen LogP contribution < -0.4 is 4.74 Å². The summed E-state index contributed by atoms with van der Waals surface area (Å²) in [6, 6.07) is 7.73. The quantitative estimate of drug-likeness (QED) is 0.408. The van der Waals surface area contributed by atoms with Crippen LogP contribution in [0.15, 0.2) is 42.1 Å². The first-order chi connectivity index (χ1) is 11.3. The number of ether oxygens (including phenoxy) is 2. The zero-order valence-corrected chi connectivity index (χ0v) is 14.0. The molecule has 0 fully saturated rings. The van der Waals surface area contributed by atoms with Crippen molar-refractivity contribution in [2.24, 2.45) is 0 Å². The second-order valence-electron chi connectivity index (χ2n) is 4.59. The third kappa shape index (κ3) is 4.57. The monoisotopic (exact) mass is 335 g/mol. The second-order valence-corrected chi connectivity index (χ2v) is 5.65. The number of rotatable bonds is 10. The van der Waals surface area contributed by atoms with Crippen LogP contribution in [0.1, 0.15) is 0 Å². The molecule has 0 bridgehead atoms. The van der Waals surface area contributed by atoms with Crippen molar-refractivity contribution in [3.05, 3.63) is 36.9 Å². The molecule has 0 saturated carbocycles. The van der Waals surface area contributed by atoms with E-state index < -0.39 is 0 Å². The number of methoxy groups -OCH3 is 1. The van der Waals surface area contributed by atoms with E-state index in [-0.39, 0.29) is 6.61 Å². The van der Waals surface area contributed by atoms with Gasteiger partial charge in [0.15, 0.2) is 11.0 Å². The fourth-order valence-electron chi connectivity index (χ4n) is 2.08. The lowest BCUT2D eigenvalue weighted by atomic mass is 10.2. The van der Waals surface area contributed by atoms with Gasteiger partial charge in [0, 0.05) is 12.3 Å². The number of aliphatic hydroxyl groups excluding tert-OH is 1. The number of benzene rings is 1. The number of thioether (sulfide) groups is 1. The van der Waals surface area contributed by atoms with Crippen molar-refractivity contribution in [3.63, 3.8) is 0 Å². The van der Waals surface area contributed by atoms with Gasteiger partial charge in [0.05, 0.1) is 32.5 Å². The van der Waals surface area contributed by atoms with Gasteiger partial charge in [0.25, 0.3) is 0 Å². The van der Waals surface area contributed by atoms with Gasteiger partial charge in [0.1, 0.15) is 5.75 Å². The van der Waals surface area contributed by atoms with Crippen molar-refractivity contribution in [3.8, 4) is 17.1 Å². The third-order valence-corrected chi connectivity index (χ3v) is 4.00. The van der Waals surface area contributed by atoms with E-state index >= 15 is 0 Å². The highest BCUT2D eigenvalue weighted by Crippen LogP contribution is 2.30. The first-order valence-corrected chi connectivity index (χ1v) is 8.29. The number of allylic oxidation sites excluding steroid dienone is 1. The van der Waals surface area contributed by atoms with E-state index in [1.54, 1.807) is 18.9 Å². The molecule has 1 N–H and O–H groups in total. The molecule has 1 heterocycles. The van der Waals surface area contributed by atoms with Crippen molar-refractivity contribution in [2.45, 2.75) is 11.7 Å². The predicted octanol–water partition coefficient (Wildman–Crippen LogP) is 2.24. The van der Waals surface area contributed by atoms with E-state index in [9.17, 15) is 0 Å². The van der Waals surface area contributed by atoms with E-state index in [0.717, 1.165) is 28.0 Å². The molecule has 0 saturated heterocycles. The van der Waals surface area contributed by atoms with Gasteiger partial charge in [-0.05, 0) is 12.1 Å². The third-order valence-electron chi connectivity index (χ3n) is 3.07. The zero-order chi connectivity index (χ0) is 16.5. The Hall–Kier alpha value is -1.83. The van der Waals surface area contributed by atoms with E-state index in [1.165, 1.54) is 0 Å². The Labute approximate surface area is 140 Å². The minimum Gasteiger partial charge on any atom is -0.496 e. The largest absolute Gasteiger partial charge is 0.496 e. The highest BCUT2D eigenvalue weighted by Gasteiger charge is 2.16. The number of aliphatic hydroxyl groups is 1. The van der Waals surface area contributed by atoms with Crippen molar-refractivity contribution in [1.82, 2.24) is 14.8 Å². The van der Waals surface area contributed by atoms with Crippen LogP contribution in [0, 0.1) is 0 Å². The summed E-state index contributed by atoms with van der Waals surface area (Å²) < 4.78 is 12.7. The summed E-state index contributed by atoms with van der Waals surface area (Å²) in [4.78, 5) is 0. The summed E-state index contributed by atoms with van der Waals surface area (Å²) >= 11 is 1.56. The Morgan fingerprint density at radius 3 is 2.87 bits per heavy atom. The molecule has 23 heavy (non-hydrogen) atoms. The SMILES string of the molecule is C=CCn1c(SCCOCCO)nnc1-c1ccccc1OC. The van der Waals surface area contributed by atoms with E-state index in [1.807, 2.05) is 34.9 Å². The molecule has 2 rings (SSSR count). The Bertz CT molecular complexity index is 631. The van der Waals surface area contributed by atoms with Crippen molar-refractivity contribution < 1.29 is 14.6 Å².